The van der Waals surface area contributed by atoms with Crippen LogP contribution in [0, 0.1) is 0 Å². The monoisotopic (exact) mass is 442 g/mol. The van der Waals surface area contributed by atoms with Gasteiger partial charge in [-0.15, -0.1) is 10.2 Å². The third-order valence-corrected chi connectivity index (χ3v) is 5.91. The highest BCUT2D eigenvalue weighted by Gasteiger charge is 2.28. The molecule has 2 aromatic carbocycles. The quantitative estimate of drug-likeness (QED) is 0.431. The van der Waals surface area contributed by atoms with Crippen molar-refractivity contribution < 1.29 is 14.3 Å². The lowest BCUT2D eigenvalue weighted by Crippen LogP contribution is -2.42. The van der Waals surface area contributed by atoms with E-state index in [1.165, 1.54) is 0 Å². The second-order valence-corrected chi connectivity index (χ2v) is 8.20. The van der Waals surface area contributed by atoms with E-state index in [4.69, 9.17) is 9.47 Å². The van der Waals surface area contributed by atoms with Crippen molar-refractivity contribution in [1.82, 2.24) is 19.5 Å². The Labute approximate surface area is 192 Å². The van der Waals surface area contributed by atoms with Crippen molar-refractivity contribution in [2.24, 2.45) is 0 Å². The fourth-order valence-corrected chi connectivity index (χ4v) is 4.16. The number of nitrogens with zero attached hydrogens (tertiary/aromatic N) is 4. The summed E-state index contributed by atoms with van der Waals surface area (Å²) in [7, 11) is 0. The zero-order valence-electron chi connectivity index (χ0n) is 18.3. The molecule has 0 saturated carbocycles. The smallest absolute Gasteiger partial charge is 0.260 e. The molecule has 1 aliphatic heterocycles. The molecule has 3 heterocycles. The van der Waals surface area contributed by atoms with Crippen molar-refractivity contribution in [3.63, 3.8) is 0 Å². The van der Waals surface area contributed by atoms with Crippen LogP contribution in [0.25, 0.3) is 5.65 Å². The van der Waals surface area contributed by atoms with E-state index in [9.17, 15) is 4.79 Å². The van der Waals surface area contributed by atoms with Gasteiger partial charge in [-0.3, -0.25) is 9.20 Å². The van der Waals surface area contributed by atoms with Gasteiger partial charge in [-0.25, -0.2) is 0 Å². The van der Waals surface area contributed by atoms with Gasteiger partial charge in [0.25, 0.3) is 5.91 Å². The molecule has 2 aromatic heterocycles. The second kappa shape index (κ2) is 9.73. The minimum Gasteiger partial charge on any atom is -0.489 e. The molecule has 5 rings (SSSR count). The van der Waals surface area contributed by atoms with E-state index in [2.05, 4.69) is 10.2 Å². The first-order chi connectivity index (χ1) is 16.3. The third-order valence-electron chi connectivity index (χ3n) is 5.91. The topological polar surface area (TPSA) is 69.0 Å². The maximum Gasteiger partial charge on any atom is 0.260 e. The van der Waals surface area contributed by atoms with Crippen LogP contribution in [0.1, 0.15) is 30.1 Å². The van der Waals surface area contributed by atoms with Crippen molar-refractivity contribution >= 4 is 11.6 Å². The van der Waals surface area contributed by atoms with Gasteiger partial charge in [0.2, 0.25) is 0 Å². The molecule has 0 N–H and O–H groups in total. The molecule has 1 atom stereocenters. The van der Waals surface area contributed by atoms with E-state index in [0.717, 1.165) is 42.2 Å². The number of carbonyl (C=O) groups excluding carboxylic acids is 1. The Kier molecular flexibility index (Phi) is 6.19. The first-order valence-corrected chi connectivity index (χ1v) is 11.2. The molecule has 168 valence electrons. The molecule has 0 radical (unpaired) electrons. The highest BCUT2D eigenvalue weighted by Crippen LogP contribution is 2.26. The zero-order valence-corrected chi connectivity index (χ0v) is 18.3. The average molecular weight is 443 g/mol. The van der Waals surface area contributed by atoms with Crippen LogP contribution < -0.4 is 9.47 Å². The lowest BCUT2D eigenvalue weighted by molar-refractivity contribution is -0.134. The first kappa shape index (κ1) is 21.0. The van der Waals surface area contributed by atoms with Gasteiger partial charge < -0.3 is 14.4 Å². The van der Waals surface area contributed by atoms with Crippen molar-refractivity contribution in [3.8, 4) is 11.5 Å². The van der Waals surface area contributed by atoms with Crippen LogP contribution in [0.4, 0.5) is 0 Å². The van der Waals surface area contributed by atoms with E-state index in [-0.39, 0.29) is 18.4 Å². The van der Waals surface area contributed by atoms with E-state index in [1.54, 1.807) is 0 Å². The zero-order chi connectivity index (χ0) is 22.5. The third kappa shape index (κ3) is 4.98. The Morgan fingerprint density at radius 1 is 0.909 bits per heavy atom. The number of piperidine rings is 1. The van der Waals surface area contributed by atoms with Gasteiger partial charge in [0, 0.05) is 25.2 Å². The molecular weight excluding hydrogens is 416 g/mol. The van der Waals surface area contributed by atoms with Crippen LogP contribution in [0.15, 0.2) is 79.0 Å². The molecule has 0 aliphatic carbocycles. The number of likely N-dealkylation sites (tertiary alicyclic amines) is 1. The van der Waals surface area contributed by atoms with Crippen LogP contribution in [0.2, 0.25) is 0 Å². The fourth-order valence-electron chi connectivity index (χ4n) is 4.16. The summed E-state index contributed by atoms with van der Waals surface area (Å²) in [6.07, 6.45) is 3.90. The Hall–Kier alpha value is -3.87. The number of benzene rings is 2. The summed E-state index contributed by atoms with van der Waals surface area (Å²) in [5, 5.41) is 8.63. The lowest BCUT2D eigenvalue weighted by atomic mass is 9.97. The van der Waals surface area contributed by atoms with Crippen LogP contribution in [0.5, 0.6) is 11.5 Å². The normalized spacial score (nSPS) is 16.0. The van der Waals surface area contributed by atoms with Crippen LogP contribution in [0.3, 0.4) is 0 Å². The molecule has 7 heteroatoms. The molecule has 1 amide bonds. The number of fused-ring (bicyclic) bond motifs is 1. The molecule has 0 unspecified atom stereocenters. The van der Waals surface area contributed by atoms with Gasteiger partial charge in [0.1, 0.15) is 23.9 Å². The van der Waals surface area contributed by atoms with Gasteiger partial charge in [-0.05, 0) is 54.8 Å². The molecule has 1 aliphatic rings. The van der Waals surface area contributed by atoms with Gasteiger partial charge in [-0.1, -0.05) is 36.4 Å². The molecule has 0 bridgehead atoms. The predicted octanol–water partition coefficient (Wildman–Crippen LogP) is 4.09. The second-order valence-electron chi connectivity index (χ2n) is 8.20. The standard InChI is InChI=1S/C26H26N4O3/c31-25(19-33-23-13-11-22(12-14-23)32-18-20-7-2-1-3-8-20)29-15-6-9-21(17-29)26-28-27-24-10-4-5-16-30(24)26/h1-5,7-8,10-14,16,21H,6,9,15,17-19H2/t21-/m1/s1. The Balaban J connectivity index is 1.14. The summed E-state index contributed by atoms with van der Waals surface area (Å²) in [6.45, 7) is 1.89. The number of rotatable bonds is 7. The summed E-state index contributed by atoms with van der Waals surface area (Å²) in [5.74, 6) is 2.47. The van der Waals surface area contributed by atoms with Crippen LogP contribution >= 0.6 is 0 Å². The summed E-state index contributed by atoms with van der Waals surface area (Å²) in [4.78, 5) is 14.7. The number of ether oxygens (including phenoxy) is 2. The van der Waals surface area contributed by atoms with Crippen LogP contribution in [-0.4, -0.2) is 45.1 Å². The number of hydrogen-bond donors (Lipinski definition) is 0. The molecule has 7 nitrogen and oxygen atoms in total. The average Bonchev–Trinajstić information content (AvgIpc) is 3.32. The molecule has 33 heavy (non-hydrogen) atoms. The van der Waals surface area contributed by atoms with E-state index in [1.807, 2.05) is 88.3 Å². The number of hydrogen-bond acceptors (Lipinski definition) is 5. The van der Waals surface area contributed by atoms with Gasteiger partial charge in [0.15, 0.2) is 12.3 Å². The highest BCUT2D eigenvalue weighted by molar-refractivity contribution is 5.78. The summed E-state index contributed by atoms with van der Waals surface area (Å²) >= 11 is 0. The van der Waals surface area contributed by atoms with E-state index in [0.29, 0.717) is 18.9 Å². The first-order valence-electron chi connectivity index (χ1n) is 11.2. The van der Waals surface area contributed by atoms with E-state index >= 15 is 0 Å². The number of pyridine rings is 1. The van der Waals surface area contributed by atoms with Crippen molar-refractivity contribution in [2.45, 2.75) is 25.4 Å². The largest absolute Gasteiger partial charge is 0.489 e. The molecule has 0 spiro atoms. The molecule has 1 fully saturated rings. The van der Waals surface area contributed by atoms with Gasteiger partial charge in [-0.2, -0.15) is 0 Å². The summed E-state index contributed by atoms with van der Waals surface area (Å²) in [6, 6.07) is 23.2. The number of amides is 1. The van der Waals surface area contributed by atoms with Gasteiger partial charge >= 0.3 is 0 Å². The molecular formula is C26H26N4O3. The minimum atomic E-state index is -0.0158. The Morgan fingerprint density at radius 2 is 1.67 bits per heavy atom. The summed E-state index contributed by atoms with van der Waals surface area (Å²) in [5.41, 5.74) is 1.94. The van der Waals surface area contributed by atoms with Crippen LogP contribution in [-0.2, 0) is 11.4 Å². The highest BCUT2D eigenvalue weighted by atomic mass is 16.5. The molecule has 1 saturated heterocycles. The van der Waals surface area contributed by atoms with Crippen molar-refractivity contribution in [3.05, 3.63) is 90.4 Å². The lowest BCUT2D eigenvalue weighted by Gasteiger charge is -2.31. The fraction of sp³-hybridized carbons (Fsp3) is 0.269. The van der Waals surface area contributed by atoms with Crippen molar-refractivity contribution in [1.29, 1.82) is 0 Å². The SMILES string of the molecule is O=C(COc1ccc(OCc2ccccc2)cc1)N1CCC[C@@H](c2nnc3ccccn23)C1. The minimum absolute atomic E-state index is 0.0114. The Bertz CT molecular complexity index is 1210. The Morgan fingerprint density at radius 3 is 2.48 bits per heavy atom. The van der Waals surface area contributed by atoms with Gasteiger partial charge in [0.05, 0.1) is 0 Å². The molecule has 4 aromatic rings. The number of carbonyl (C=O) groups is 1. The van der Waals surface area contributed by atoms with Crippen molar-refractivity contribution in [2.75, 3.05) is 19.7 Å². The maximum atomic E-state index is 12.8. The summed E-state index contributed by atoms with van der Waals surface area (Å²) < 4.78 is 13.6. The number of aromatic nitrogens is 3. The maximum absolute atomic E-state index is 12.8. The van der Waals surface area contributed by atoms with E-state index < -0.39 is 0 Å². The predicted molar refractivity (Wildman–Crippen MR) is 124 cm³/mol.